The number of rotatable bonds is 10. The Morgan fingerprint density at radius 2 is 1.11 bits per heavy atom. The highest BCUT2D eigenvalue weighted by molar-refractivity contribution is 6.80. The van der Waals surface area contributed by atoms with Crippen LogP contribution in [0.1, 0.15) is 41.5 Å². The van der Waals surface area contributed by atoms with Crippen molar-refractivity contribution in [1.82, 2.24) is 0 Å². The Kier molecular flexibility index (Phi) is 9.67. The van der Waals surface area contributed by atoms with Gasteiger partial charge in [-0.25, -0.2) is 0 Å². The second-order valence-electron chi connectivity index (χ2n) is 5.31. The summed E-state index contributed by atoms with van der Waals surface area (Å²) in [6.45, 7) is 18.4. The summed E-state index contributed by atoms with van der Waals surface area (Å²) in [7, 11) is -5.51. The van der Waals surface area contributed by atoms with E-state index in [0.29, 0.717) is 24.3 Å². The average molecular weight is 325 g/mol. The minimum Gasteiger partial charge on any atom is -0.417 e. The van der Waals surface area contributed by atoms with Crippen molar-refractivity contribution < 1.29 is 17.1 Å². The van der Waals surface area contributed by atoms with E-state index < -0.39 is 27.1 Å². The van der Waals surface area contributed by atoms with E-state index in [2.05, 4.69) is 40.8 Å². The Morgan fingerprint density at radius 1 is 0.789 bits per heavy atom. The van der Waals surface area contributed by atoms with Crippen LogP contribution >= 0.6 is 0 Å². The predicted molar refractivity (Wildman–Crippen MR) is 87.4 cm³/mol. The molecule has 19 heavy (non-hydrogen) atoms. The molecule has 0 N–H and O–H groups in total. The molecule has 0 heterocycles. The molecule has 0 aromatic heterocycles. The molecule has 0 radical (unpaired) electrons. The molecule has 0 rings (SSSR count). The van der Waals surface area contributed by atoms with Crippen molar-refractivity contribution in [3.8, 4) is 0 Å². The van der Waals surface area contributed by atoms with Crippen molar-refractivity contribution in [2.24, 2.45) is 0 Å². The normalized spacial score (nSPS) is 16.1. The van der Waals surface area contributed by atoms with Crippen molar-refractivity contribution in [3.63, 3.8) is 0 Å². The van der Waals surface area contributed by atoms with Crippen LogP contribution < -0.4 is 0 Å². The van der Waals surface area contributed by atoms with Crippen molar-refractivity contribution in [1.29, 1.82) is 0 Å². The van der Waals surface area contributed by atoms with E-state index >= 15 is 0 Å². The van der Waals surface area contributed by atoms with Crippen LogP contribution in [-0.4, -0.2) is 40.3 Å². The number of hydrogen-bond donors (Lipinski definition) is 0. The minimum atomic E-state index is -2.28. The van der Waals surface area contributed by atoms with Gasteiger partial charge in [-0.2, -0.15) is 0 Å². The first-order valence-electron chi connectivity index (χ1n) is 7.38. The zero-order chi connectivity index (χ0) is 15.1. The molecule has 4 nitrogen and oxygen atoms in total. The van der Waals surface area contributed by atoms with Gasteiger partial charge in [-0.05, 0) is 38.0 Å². The van der Waals surface area contributed by atoms with E-state index in [9.17, 15) is 0 Å². The molecule has 0 spiro atoms. The van der Waals surface area contributed by atoms with E-state index in [0.717, 1.165) is 0 Å². The van der Waals surface area contributed by atoms with Gasteiger partial charge in [-0.1, -0.05) is 27.7 Å². The highest BCUT2D eigenvalue weighted by atomic mass is 28.5. The lowest BCUT2D eigenvalue weighted by Crippen LogP contribution is -2.54. The quantitative estimate of drug-likeness (QED) is 0.579. The van der Waals surface area contributed by atoms with Crippen LogP contribution in [0.5, 0.6) is 0 Å². The molecule has 2 unspecified atom stereocenters. The van der Waals surface area contributed by atoms with Gasteiger partial charge in [-0.3, -0.25) is 0 Å². The van der Waals surface area contributed by atoms with Crippen molar-refractivity contribution >= 4 is 27.1 Å². The van der Waals surface area contributed by atoms with E-state index in [-0.39, 0.29) is 0 Å². The van der Waals surface area contributed by atoms with Gasteiger partial charge >= 0.3 is 27.1 Å². The Morgan fingerprint density at radius 3 is 1.32 bits per heavy atom. The number of hydrogen-bond acceptors (Lipinski definition) is 4. The van der Waals surface area contributed by atoms with Crippen LogP contribution in [-0.2, 0) is 17.1 Å². The van der Waals surface area contributed by atoms with Crippen molar-refractivity contribution in [2.45, 2.75) is 65.7 Å². The maximum Gasteiger partial charge on any atom is 0.325 e. The van der Waals surface area contributed by atoms with Gasteiger partial charge in [0, 0.05) is 13.2 Å². The summed E-state index contributed by atoms with van der Waals surface area (Å²) in [5.41, 5.74) is 0.802. The van der Waals surface area contributed by atoms with Crippen LogP contribution in [0.2, 0.25) is 24.2 Å². The van der Waals surface area contributed by atoms with Gasteiger partial charge < -0.3 is 17.1 Å². The Labute approximate surface area is 123 Å². The highest BCUT2D eigenvalue weighted by Crippen LogP contribution is 2.35. The summed E-state index contributed by atoms with van der Waals surface area (Å²) in [5, 5.41) is 0. The molecule has 116 valence electrons. The standard InChI is InChI=1S/C12H32O4Si3/c1-9-13-17(7)15-19(11(3)4,12(5)6)16-18(8)14-10-2/h11-12,17-18H,9-10H2,1-8H3. The predicted octanol–water partition coefficient (Wildman–Crippen LogP) is 3.06. The van der Waals surface area contributed by atoms with Gasteiger partial charge in [0.1, 0.15) is 0 Å². The van der Waals surface area contributed by atoms with Gasteiger partial charge in [0.2, 0.25) is 0 Å². The van der Waals surface area contributed by atoms with Gasteiger partial charge in [0.25, 0.3) is 0 Å². The third kappa shape index (κ3) is 6.19. The molecule has 0 saturated heterocycles. The first kappa shape index (κ1) is 19.5. The molecule has 0 aromatic rings. The molecule has 0 aliphatic heterocycles. The van der Waals surface area contributed by atoms with E-state index in [1.165, 1.54) is 0 Å². The molecular formula is C12H32O4Si3. The average Bonchev–Trinajstić information content (AvgIpc) is 2.27. The zero-order valence-electron chi connectivity index (χ0n) is 13.9. The molecule has 0 fully saturated rings. The maximum absolute atomic E-state index is 6.41. The Balaban J connectivity index is 4.97. The fourth-order valence-electron chi connectivity index (χ4n) is 2.30. The van der Waals surface area contributed by atoms with Crippen LogP contribution in [0.25, 0.3) is 0 Å². The van der Waals surface area contributed by atoms with Gasteiger partial charge in [-0.15, -0.1) is 0 Å². The minimum absolute atomic E-state index is 0.401. The Bertz CT molecular complexity index is 215. The zero-order valence-corrected chi connectivity index (χ0v) is 17.2. The summed E-state index contributed by atoms with van der Waals surface area (Å²) in [5.74, 6) is 0. The summed E-state index contributed by atoms with van der Waals surface area (Å²) < 4.78 is 24.2. The van der Waals surface area contributed by atoms with Gasteiger partial charge in [0.15, 0.2) is 0 Å². The lowest BCUT2D eigenvalue weighted by Gasteiger charge is -2.41. The summed E-state index contributed by atoms with van der Waals surface area (Å²) in [6.07, 6.45) is 0. The van der Waals surface area contributed by atoms with E-state index in [1.807, 2.05) is 13.8 Å². The smallest absolute Gasteiger partial charge is 0.325 e. The molecule has 2 atom stereocenters. The second kappa shape index (κ2) is 9.43. The SMILES string of the molecule is CCO[SiH](C)O[Si](O[SiH](C)OCC)(C(C)C)C(C)C. The van der Waals surface area contributed by atoms with Crippen molar-refractivity contribution in [2.75, 3.05) is 13.2 Å². The fourth-order valence-corrected chi connectivity index (χ4v) is 14.3. The molecule has 0 saturated carbocycles. The summed E-state index contributed by atoms with van der Waals surface area (Å²) >= 11 is 0. The largest absolute Gasteiger partial charge is 0.417 e. The lowest BCUT2D eigenvalue weighted by atomic mass is 10.5. The van der Waals surface area contributed by atoms with Crippen LogP contribution in [0, 0.1) is 0 Å². The molecular weight excluding hydrogens is 292 g/mol. The van der Waals surface area contributed by atoms with Crippen LogP contribution in [0.4, 0.5) is 0 Å². The summed E-state index contributed by atoms with van der Waals surface area (Å²) in [6, 6.07) is 0. The molecule has 0 aliphatic carbocycles. The molecule has 0 aromatic carbocycles. The molecule has 0 amide bonds. The second-order valence-corrected chi connectivity index (χ2v) is 13.9. The van der Waals surface area contributed by atoms with Crippen LogP contribution in [0.3, 0.4) is 0 Å². The first-order chi connectivity index (χ1) is 8.80. The third-order valence-electron chi connectivity index (χ3n) is 3.11. The first-order valence-corrected chi connectivity index (χ1v) is 13.6. The molecule has 7 heteroatoms. The van der Waals surface area contributed by atoms with Gasteiger partial charge in [0.05, 0.1) is 0 Å². The maximum atomic E-state index is 6.41. The van der Waals surface area contributed by atoms with E-state index in [1.54, 1.807) is 0 Å². The van der Waals surface area contributed by atoms with E-state index in [4.69, 9.17) is 17.1 Å². The molecule has 0 aliphatic rings. The van der Waals surface area contributed by atoms with Crippen molar-refractivity contribution in [3.05, 3.63) is 0 Å². The topological polar surface area (TPSA) is 36.9 Å². The highest BCUT2D eigenvalue weighted by Gasteiger charge is 2.47. The lowest BCUT2D eigenvalue weighted by molar-refractivity contribution is 0.224. The Hall–Kier alpha value is 0.491. The molecule has 0 bridgehead atoms. The summed E-state index contributed by atoms with van der Waals surface area (Å²) in [4.78, 5) is 0. The van der Waals surface area contributed by atoms with Crippen LogP contribution in [0.15, 0.2) is 0 Å². The fraction of sp³-hybridized carbons (Fsp3) is 1.00. The third-order valence-corrected chi connectivity index (χ3v) is 13.5. The monoisotopic (exact) mass is 324 g/mol.